The molecule has 0 radical (unpaired) electrons. The summed E-state index contributed by atoms with van der Waals surface area (Å²) in [5.41, 5.74) is 3.73. The van der Waals surface area contributed by atoms with Crippen LogP contribution < -0.4 is 10.6 Å². The van der Waals surface area contributed by atoms with Crippen LogP contribution in [-0.2, 0) is 0 Å². The van der Waals surface area contributed by atoms with Gasteiger partial charge in [-0.05, 0) is 31.5 Å². The highest BCUT2D eigenvalue weighted by atomic mass is 32.1. The summed E-state index contributed by atoms with van der Waals surface area (Å²) in [7, 11) is 0. The average molecular weight is 444 g/mol. The second kappa shape index (κ2) is 9.91. The van der Waals surface area contributed by atoms with Gasteiger partial charge in [-0.2, -0.15) is 30.5 Å². The Morgan fingerprint density at radius 2 is 1.79 bits per heavy atom. The van der Waals surface area contributed by atoms with Gasteiger partial charge in [0.25, 0.3) is 0 Å². The number of thiol groups is 2. The van der Waals surface area contributed by atoms with Crippen LogP contribution in [0.2, 0.25) is 0 Å². The number of rotatable bonds is 8. The Hall–Kier alpha value is -2.35. The van der Waals surface area contributed by atoms with Gasteiger partial charge in [0.1, 0.15) is 17.6 Å². The number of aryl methyl sites for hydroxylation is 1. The second-order valence-corrected chi connectivity index (χ2v) is 8.14. The number of pyridine rings is 1. The van der Waals surface area contributed by atoms with Crippen LogP contribution >= 0.6 is 36.6 Å². The Morgan fingerprint density at radius 1 is 1.07 bits per heavy atom. The molecule has 2 heterocycles. The summed E-state index contributed by atoms with van der Waals surface area (Å²) >= 11 is 9.93. The van der Waals surface area contributed by atoms with Gasteiger partial charge in [0.2, 0.25) is 5.13 Å². The summed E-state index contributed by atoms with van der Waals surface area (Å²) in [6.45, 7) is 5.09. The fourth-order valence-electron chi connectivity index (χ4n) is 2.71. The molecule has 0 unspecified atom stereocenters. The van der Waals surface area contributed by atoms with Crippen molar-refractivity contribution >= 4 is 69.3 Å². The first-order chi connectivity index (χ1) is 14.1. The highest BCUT2D eigenvalue weighted by Crippen LogP contribution is 2.36. The normalized spacial score (nSPS) is 11.1. The van der Waals surface area contributed by atoms with Crippen LogP contribution in [-0.4, -0.2) is 34.6 Å². The van der Waals surface area contributed by atoms with E-state index in [2.05, 4.69) is 68.2 Å². The molecule has 2 N–H and O–H groups in total. The average Bonchev–Trinajstić information content (AvgIpc) is 3.11. The molecule has 7 nitrogen and oxygen atoms in total. The molecule has 0 aliphatic carbocycles. The van der Waals surface area contributed by atoms with Crippen LogP contribution in [0.3, 0.4) is 0 Å². The molecule has 0 saturated carbocycles. The van der Waals surface area contributed by atoms with Gasteiger partial charge < -0.3 is 10.6 Å². The van der Waals surface area contributed by atoms with Gasteiger partial charge in [0, 0.05) is 30.2 Å². The Morgan fingerprint density at radius 3 is 2.48 bits per heavy atom. The number of hydrogen-bond acceptors (Lipinski definition) is 10. The number of thiazole rings is 1. The zero-order chi connectivity index (χ0) is 20.8. The third kappa shape index (κ3) is 4.98. The molecule has 10 heteroatoms. The third-order valence-corrected chi connectivity index (χ3v) is 5.45. The Balaban J connectivity index is 2.02. The Kier molecular flexibility index (Phi) is 7.30. The molecule has 150 valence electrons. The molecule has 2 aromatic heterocycles. The van der Waals surface area contributed by atoms with Crippen molar-refractivity contribution in [3.63, 3.8) is 0 Å². The number of azo groups is 1. The fraction of sp³-hybridized carbons (Fsp3) is 0.316. The van der Waals surface area contributed by atoms with Crippen LogP contribution in [0, 0.1) is 25.2 Å². The summed E-state index contributed by atoms with van der Waals surface area (Å²) in [6.07, 6.45) is 0. The molecule has 0 amide bonds. The lowest BCUT2D eigenvalue weighted by Gasteiger charge is -2.14. The molecule has 1 aromatic carbocycles. The predicted octanol–water partition coefficient (Wildman–Crippen LogP) is 5.28. The maximum Gasteiger partial charge on any atom is 0.231 e. The third-order valence-electron chi connectivity index (χ3n) is 4.10. The summed E-state index contributed by atoms with van der Waals surface area (Å²) in [5, 5.41) is 25.3. The molecule has 0 atom stereocenters. The first-order valence-corrected chi connectivity index (χ1v) is 11.1. The lowest BCUT2D eigenvalue weighted by atomic mass is 10.1. The SMILES string of the molecule is Cc1ccc2nc(N=Nc3c(NCCS)nc(NCCS)c(C#N)c3C)sc2c1. The van der Waals surface area contributed by atoms with Gasteiger partial charge in [-0.25, -0.2) is 9.97 Å². The highest BCUT2D eigenvalue weighted by Gasteiger charge is 2.17. The molecular formula is C19H21N7S3. The Bertz CT molecular complexity index is 1090. The number of benzene rings is 1. The minimum absolute atomic E-state index is 0.442. The van der Waals surface area contributed by atoms with Crippen molar-refractivity contribution in [3.8, 4) is 6.07 Å². The van der Waals surface area contributed by atoms with Crippen LogP contribution in [0.15, 0.2) is 28.4 Å². The molecule has 3 rings (SSSR count). The minimum Gasteiger partial charge on any atom is -0.368 e. The predicted molar refractivity (Wildman–Crippen MR) is 127 cm³/mol. The van der Waals surface area contributed by atoms with Crippen molar-refractivity contribution in [1.29, 1.82) is 5.26 Å². The van der Waals surface area contributed by atoms with E-state index in [1.54, 1.807) is 0 Å². The Labute approximate surface area is 184 Å². The van der Waals surface area contributed by atoms with E-state index in [1.165, 1.54) is 16.9 Å². The first-order valence-electron chi connectivity index (χ1n) is 9.00. The van der Waals surface area contributed by atoms with E-state index in [4.69, 9.17) is 0 Å². The van der Waals surface area contributed by atoms with E-state index in [0.29, 0.717) is 58.2 Å². The van der Waals surface area contributed by atoms with Gasteiger partial charge in [-0.15, -0.1) is 10.2 Å². The van der Waals surface area contributed by atoms with Crippen molar-refractivity contribution in [3.05, 3.63) is 34.9 Å². The van der Waals surface area contributed by atoms with Crippen LogP contribution in [0.4, 0.5) is 22.5 Å². The molecule has 0 aliphatic heterocycles. The molecule has 0 saturated heterocycles. The molecule has 0 aliphatic rings. The number of fused-ring (bicyclic) bond motifs is 1. The van der Waals surface area contributed by atoms with Crippen molar-refractivity contribution in [2.24, 2.45) is 10.2 Å². The zero-order valence-corrected chi connectivity index (χ0v) is 18.7. The number of hydrogen-bond donors (Lipinski definition) is 4. The van der Waals surface area contributed by atoms with Crippen molar-refractivity contribution in [2.45, 2.75) is 13.8 Å². The van der Waals surface area contributed by atoms with E-state index < -0.39 is 0 Å². The molecule has 0 bridgehead atoms. The first kappa shape index (κ1) is 21.4. The van der Waals surface area contributed by atoms with E-state index >= 15 is 0 Å². The van der Waals surface area contributed by atoms with Crippen molar-refractivity contribution < 1.29 is 0 Å². The lowest BCUT2D eigenvalue weighted by molar-refractivity contribution is 1.09. The number of nitriles is 1. The maximum absolute atomic E-state index is 9.63. The van der Waals surface area contributed by atoms with Crippen LogP contribution in [0.1, 0.15) is 16.7 Å². The minimum atomic E-state index is 0.442. The van der Waals surface area contributed by atoms with Gasteiger partial charge in [0.05, 0.1) is 15.8 Å². The molecule has 0 fully saturated rings. The quantitative estimate of drug-likeness (QED) is 0.280. The number of aromatic nitrogens is 2. The number of anilines is 2. The zero-order valence-electron chi connectivity index (χ0n) is 16.1. The van der Waals surface area contributed by atoms with Crippen molar-refractivity contribution in [1.82, 2.24) is 9.97 Å². The van der Waals surface area contributed by atoms with Gasteiger partial charge >= 0.3 is 0 Å². The summed E-state index contributed by atoms with van der Waals surface area (Å²) < 4.78 is 1.06. The smallest absolute Gasteiger partial charge is 0.231 e. The van der Waals surface area contributed by atoms with Gasteiger partial charge in [-0.1, -0.05) is 17.4 Å². The summed E-state index contributed by atoms with van der Waals surface area (Å²) in [4.78, 5) is 9.07. The van der Waals surface area contributed by atoms with E-state index in [9.17, 15) is 5.26 Å². The molecule has 29 heavy (non-hydrogen) atoms. The topological polar surface area (TPSA) is 98.3 Å². The standard InChI is InChI=1S/C19H21N7S3/c1-11-3-4-14-15(9-11)29-19(23-14)26-25-16-12(2)13(10-20)17(21-5-7-27)24-18(16)22-6-8-28/h3-4,9,27-28H,5-8H2,1-2H3,(H2,21,22,24). The maximum atomic E-state index is 9.63. The molecule has 3 aromatic rings. The number of nitrogens with one attached hydrogen (secondary N) is 2. The van der Waals surface area contributed by atoms with Crippen LogP contribution in [0.5, 0.6) is 0 Å². The van der Waals surface area contributed by atoms with E-state index in [-0.39, 0.29) is 0 Å². The lowest BCUT2D eigenvalue weighted by Crippen LogP contribution is -2.11. The monoisotopic (exact) mass is 443 g/mol. The highest BCUT2D eigenvalue weighted by molar-refractivity contribution is 7.80. The van der Waals surface area contributed by atoms with E-state index in [0.717, 1.165) is 10.2 Å². The summed E-state index contributed by atoms with van der Waals surface area (Å²) in [6, 6.07) is 8.29. The largest absolute Gasteiger partial charge is 0.368 e. The second-order valence-electron chi connectivity index (χ2n) is 6.24. The van der Waals surface area contributed by atoms with E-state index in [1.807, 2.05) is 26.0 Å². The van der Waals surface area contributed by atoms with Gasteiger partial charge in [-0.3, -0.25) is 0 Å². The fourth-order valence-corrected chi connectivity index (χ4v) is 3.82. The molecule has 0 spiro atoms. The molecular weight excluding hydrogens is 422 g/mol. The summed E-state index contributed by atoms with van der Waals surface area (Å²) in [5.74, 6) is 2.32. The van der Waals surface area contributed by atoms with Crippen LogP contribution in [0.25, 0.3) is 10.2 Å². The van der Waals surface area contributed by atoms with Gasteiger partial charge in [0.15, 0.2) is 5.82 Å². The number of nitrogens with zero attached hydrogens (tertiary/aromatic N) is 5. The van der Waals surface area contributed by atoms with Crippen molar-refractivity contribution in [2.75, 3.05) is 35.2 Å².